The van der Waals surface area contributed by atoms with Gasteiger partial charge in [-0.15, -0.1) is 5.06 Å². The Bertz CT molecular complexity index is 786. The quantitative estimate of drug-likeness (QED) is 0.716. The molecule has 5 nitrogen and oxygen atoms in total. The fourth-order valence-corrected chi connectivity index (χ4v) is 4.10. The highest BCUT2D eigenvalue weighted by molar-refractivity contribution is 7.92. The molecule has 0 bridgehead atoms. The fraction of sp³-hybridized carbons (Fsp3) is 0.417. The van der Waals surface area contributed by atoms with Crippen molar-refractivity contribution in [2.24, 2.45) is 0 Å². The fourth-order valence-electron chi connectivity index (χ4n) is 1.93. The van der Waals surface area contributed by atoms with E-state index in [1.807, 2.05) is 0 Å². The predicted octanol–water partition coefficient (Wildman–Crippen LogP) is 2.84. The molecule has 1 saturated heterocycles. The number of hydrogen-bond acceptors (Lipinski definition) is 5. The van der Waals surface area contributed by atoms with Crippen LogP contribution in [0.3, 0.4) is 0 Å². The van der Waals surface area contributed by atoms with Crippen molar-refractivity contribution in [2.45, 2.75) is 22.5 Å². The van der Waals surface area contributed by atoms with E-state index in [2.05, 4.69) is 4.84 Å². The molecule has 0 amide bonds. The van der Waals surface area contributed by atoms with Crippen LogP contribution in [0.2, 0.25) is 5.02 Å². The average Bonchev–Trinajstić information content (AvgIpc) is 2.39. The second-order valence-electron chi connectivity index (χ2n) is 5.03. The molecule has 0 atom stereocenters. The Morgan fingerprint density at radius 3 is 2.16 bits per heavy atom. The first-order valence-electron chi connectivity index (χ1n) is 6.37. The number of sulfone groups is 1. The van der Waals surface area contributed by atoms with Gasteiger partial charge < -0.3 is 4.84 Å². The number of alkyl halides is 6. The largest absolute Gasteiger partial charge is 0.492 e. The molecule has 1 aromatic carbocycles. The van der Waals surface area contributed by atoms with Gasteiger partial charge in [-0.2, -0.15) is 26.3 Å². The number of hydrogen-bond donors (Lipinski definition) is 0. The Morgan fingerprint density at radius 1 is 1.16 bits per heavy atom. The Kier molecular flexibility index (Phi) is 5.01. The SMILES string of the molecule is O=C(ON1CC(S(=O)(=O)c2ccc(C(F)(F)F)cc2Cl)C1)C(F)(F)F. The molecule has 0 aromatic heterocycles. The smallest absolute Gasteiger partial charge is 0.361 e. The first-order valence-corrected chi connectivity index (χ1v) is 8.30. The summed E-state index contributed by atoms with van der Waals surface area (Å²) >= 11 is 5.60. The number of halogens is 7. The van der Waals surface area contributed by atoms with E-state index in [0.717, 1.165) is 0 Å². The lowest BCUT2D eigenvalue weighted by Crippen LogP contribution is -2.55. The van der Waals surface area contributed by atoms with Gasteiger partial charge in [0.2, 0.25) is 0 Å². The van der Waals surface area contributed by atoms with E-state index in [4.69, 9.17) is 11.6 Å². The molecule has 1 aliphatic heterocycles. The third-order valence-electron chi connectivity index (χ3n) is 3.26. The van der Waals surface area contributed by atoms with Crippen molar-refractivity contribution in [1.82, 2.24) is 5.06 Å². The molecule has 0 radical (unpaired) electrons. The van der Waals surface area contributed by atoms with Gasteiger partial charge in [0, 0.05) is 0 Å². The zero-order valence-corrected chi connectivity index (χ0v) is 13.4. The first-order chi connectivity index (χ1) is 11.2. The molecule has 1 fully saturated rings. The zero-order chi connectivity index (χ0) is 19.2. The number of hydroxylamine groups is 2. The Hall–Kier alpha value is -1.53. The summed E-state index contributed by atoms with van der Waals surface area (Å²) in [6, 6.07) is 1.64. The highest BCUT2D eigenvalue weighted by Gasteiger charge is 2.47. The summed E-state index contributed by atoms with van der Waals surface area (Å²) in [5, 5.41) is -1.46. The minimum Gasteiger partial charge on any atom is -0.361 e. The molecule has 0 unspecified atom stereocenters. The topological polar surface area (TPSA) is 63.7 Å². The third-order valence-corrected chi connectivity index (χ3v) is 5.83. The summed E-state index contributed by atoms with van der Waals surface area (Å²) in [7, 11) is -4.21. The van der Waals surface area contributed by atoms with Gasteiger partial charge >= 0.3 is 18.3 Å². The van der Waals surface area contributed by atoms with E-state index in [1.54, 1.807) is 0 Å². The van der Waals surface area contributed by atoms with Crippen molar-refractivity contribution in [2.75, 3.05) is 13.1 Å². The van der Waals surface area contributed by atoms with Gasteiger partial charge in [-0.25, -0.2) is 13.2 Å². The molecule has 2 rings (SSSR count). The van der Waals surface area contributed by atoms with Crippen LogP contribution in [-0.4, -0.2) is 44.0 Å². The van der Waals surface area contributed by atoms with E-state index in [1.165, 1.54) is 0 Å². The molecule has 13 heteroatoms. The van der Waals surface area contributed by atoms with Gasteiger partial charge in [-0.05, 0) is 18.2 Å². The second kappa shape index (κ2) is 6.32. The highest BCUT2D eigenvalue weighted by atomic mass is 35.5. The molecule has 140 valence electrons. The molecule has 0 spiro atoms. The normalized spacial score (nSPS) is 17.2. The Labute approximate surface area is 142 Å². The number of nitrogens with zero attached hydrogens (tertiary/aromatic N) is 1. The molecule has 0 saturated carbocycles. The molecule has 25 heavy (non-hydrogen) atoms. The number of carbonyl (C=O) groups excluding carboxylic acids is 1. The van der Waals surface area contributed by atoms with Crippen LogP contribution in [0.25, 0.3) is 0 Å². The van der Waals surface area contributed by atoms with Crippen LogP contribution in [0.15, 0.2) is 23.1 Å². The zero-order valence-electron chi connectivity index (χ0n) is 11.9. The summed E-state index contributed by atoms with van der Waals surface area (Å²) in [4.78, 5) is 14.0. The van der Waals surface area contributed by atoms with Crippen molar-refractivity contribution in [1.29, 1.82) is 0 Å². The van der Waals surface area contributed by atoms with Crippen LogP contribution in [0.1, 0.15) is 5.56 Å². The average molecular weight is 412 g/mol. The molecule has 0 aliphatic carbocycles. The molecule has 1 aliphatic rings. The maximum absolute atomic E-state index is 12.5. The Balaban J connectivity index is 2.10. The summed E-state index contributed by atoms with van der Waals surface area (Å²) in [6.07, 6.45) is -9.95. The van der Waals surface area contributed by atoms with E-state index >= 15 is 0 Å². The lowest BCUT2D eigenvalue weighted by atomic mass is 10.2. The molecule has 1 aromatic rings. The van der Waals surface area contributed by atoms with Crippen LogP contribution in [0.5, 0.6) is 0 Å². The van der Waals surface area contributed by atoms with Gasteiger partial charge in [0.15, 0.2) is 9.84 Å². The van der Waals surface area contributed by atoms with Crippen molar-refractivity contribution in [3.63, 3.8) is 0 Å². The summed E-state index contributed by atoms with van der Waals surface area (Å²) < 4.78 is 98.2. The Morgan fingerprint density at radius 2 is 1.72 bits per heavy atom. The van der Waals surface area contributed by atoms with E-state index in [-0.39, 0.29) is 0 Å². The first kappa shape index (κ1) is 19.8. The number of carbonyl (C=O) groups is 1. The van der Waals surface area contributed by atoms with Gasteiger partial charge in [0.1, 0.15) is 0 Å². The number of benzene rings is 1. The molecular formula is C12H8ClF6NO4S. The minimum atomic E-state index is -5.24. The van der Waals surface area contributed by atoms with E-state index < -0.39 is 62.0 Å². The van der Waals surface area contributed by atoms with Gasteiger partial charge in [-0.1, -0.05) is 11.6 Å². The van der Waals surface area contributed by atoms with Crippen molar-refractivity contribution < 1.29 is 44.4 Å². The van der Waals surface area contributed by atoms with Crippen LogP contribution in [0.4, 0.5) is 26.3 Å². The maximum atomic E-state index is 12.5. The van der Waals surface area contributed by atoms with Crippen LogP contribution in [0, 0.1) is 0 Å². The monoisotopic (exact) mass is 411 g/mol. The second-order valence-corrected chi connectivity index (χ2v) is 7.64. The van der Waals surface area contributed by atoms with E-state index in [0.29, 0.717) is 23.3 Å². The lowest BCUT2D eigenvalue weighted by Gasteiger charge is -2.36. The molecular weight excluding hydrogens is 404 g/mol. The van der Waals surface area contributed by atoms with Crippen LogP contribution >= 0.6 is 11.6 Å². The lowest BCUT2D eigenvalue weighted by molar-refractivity contribution is -0.249. The maximum Gasteiger partial charge on any atom is 0.492 e. The van der Waals surface area contributed by atoms with Crippen LogP contribution < -0.4 is 0 Å². The summed E-state index contributed by atoms with van der Waals surface area (Å²) in [5.41, 5.74) is -1.15. The van der Waals surface area contributed by atoms with Gasteiger partial charge in [-0.3, -0.25) is 0 Å². The summed E-state index contributed by atoms with van der Waals surface area (Å²) in [5.74, 6) is -2.50. The third kappa shape index (κ3) is 4.18. The van der Waals surface area contributed by atoms with Crippen molar-refractivity contribution in [3.8, 4) is 0 Å². The standard InChI is InChI=1S/C12H8ClF6NO4S/c13-8-3-6(11(14,15)16)1-2-9(8)25(22,23)7-4-20(5-7)24-10(21)12(17,18)19/h1-3,7H,4-5H2. The van der Waals surface area contributed by atoms with Gasteiger partial charge in [0.05, 0.1) is 33.8 Å². The minimum absolute atomic E-state index is 0.439. The molecule has 1 heterocycles. The summed E-state index contributed by atoms with van der Waals surface area (Å²) in [6.45, 7) is -1.14. The van der Waals surface area contributed by atoms with Crippen molar-refractivity contribution in [3.05, 3.63) is 28.8 Å². The van der Waals surface area contributed by atoms with E-state index in [9.17, 15) is 39.6 Å². The number of rotatable bonds is 3. The van der Waals surface area contributed by atoms with Crippen molar-refractivity contribution >= 4 is 27.4 Å². The highest BCUT2D eigenvalue weighted by Crippen LogP contribution is 2.35. The molecule has 0 N–H and O–H groups in total. The van der Waals surface area contributed by atoms with Crippen LogP contribution in [-0.2, 0) is 25.6 Å². The van der Waals surface area contributed by atoms with Gasteiger partial charge in [0.25, 0.3) is 0 Å². The predicted molar refractivity (Wildman–Crippen MR) is 71.1 cm³/mol.